The third-order valence-electron chi connectivity index (χ3n) is 7.10. The van der Waals surface area contributed by atoms with Crippen LogP contribution < -0.4 is 5.69 Å². The Morgan fingerprint density at radius 1 is 0.941 bits per heavy atom. The summed E-state index contributed by atoms with van der Waals surface area (Å²) in [5.74, 6) is -2.01. The summed E-state index contributed by atoms with van der Waals surface area (Å²) < 4.78 is 46.0. The van der Waals surface area contributed by atoms with Crippen LogP contribution in [0.3, 0.4) is 0 Å². The number of methoxy groups -OCH3 is 1. The fourth-order valence-corrected chi connectivity index (χ4v) is 5.12. The highest BCUT2D eigenvalue weighted by atomic mass is 19.4. The number of ether oxygens (including phenoxy) is 1. The summed E-state index contributed by atoms with van der Waals surface area (Å²) in [5, 5.41) is 0. The molecule has 7 nitrogen and oxygen atoms in total. The molecule has 2 aliphatic rings. The number of esters is 1. The summed E-state index contributed by atoms with van der Waals surface area (Å²) >= 11 is 0. The topological polar surface area (TPSA) is 73.5 Å². The number of nitrogens with zero attached hydrogens (tertiary/aromatic N) is 3. The largest absolute Gasteiger partial charge is 0.471 e. The highest BCUT2D eigenvalue weighted by Gasteiger charge is 2.43. The number of piperidine rings is 1. The molecule has 0 atom stereocenters. The minimum Gasteiger partial charge on any atom is -0.469 e. The molecule has 0 spiro atoms. The van der Waals surface area contributed by atoms with Crippen LogP contribution in [-0.4, -0.2) is 52.3 Å². The number of carbonyl (C=O) groups is 2. The monoisotopic (exact) mass is 479 g/mol. The Hall–Kier alpha value is -3.04. The normalized spacial score (nSPS) is 21.9. The minimum absolute atomic E-state index is 0.0403. The summed E-state index contributed by atoms with van der Waals surface area (Å²) in [6, 6.07) is 7.50. The first-order valence-corrected chi connectivity index (χ1v) is 11.5. The molecule has 0 unspecified atom stereocenters. The van der Waals surface area contributed by atoms with E-state index in [0.717, 1.165) is 23.3 Å². The SMILES string of the molecule is COC(=O)C1CCC(n2ccn(-c3ccc(C4CCN(C(=O)C(F)(F)F)CC4)cc3)c2=O)CC1. The number of likely N-dealkylation sites (tertiary alicyclic amines) is 1. The van der Waals surface area contributed by atoms with Gasteiger partial charge in [0.1, 0.15) is 0 Å². The van der Waals surface area contributed by atoms with Crippen molar-refractivity contribution in [2.45, 2.75) is 56.7 Å². The first-order valence-electron chi connectivity index (χ1n) is 11.5. The van der Waals surface area contributed by atoms with Gasteiger partial charge in [0.15, 0.2) is 0 Å². The number of benzene rings is 1. The Kier molecular flexibility index (Phi) is 6.86. The first kappa shape index (κ1) is 24.1. The molecule has 1 aromatic carbocycles. The predicted molar refractivity (Wildman–Crippen MR) is 118 cm³/mol. The molecule has 1 aromatic heterocycles. The lowest BCUT2D eigenvalue weighted by Gasteiger charge is -2.32. The summed E-state index contributed by atoms with van der Waals surface area (Å²) in [7, 11) is 1.39. The standard InChI is InChI=1S/C24H28F3N3O4/c1-34-21(31)18-4-8-20(9-5-18)30-15-14-29(23(30)33)19-6-2-16(3-7-19)17-10-12-28(13-11-17)22(32)24(25,26)27/h2-3,6-7,14-15,17-18,20H,4-5,8-13H2,1H3. The van der Waals surface area contributed by atoms with Gasteiger partial charge in [0.25, 0.3) is 0 Å². The lowest BCUT2D eigenvalue weighted by atomic mass is 9.86. The molecule has 10 heteroatoms. The number of hydrogen-bond donors (Lipinski definition) is 0. The number of halogens is 3. The van der Waals surface area contributed by atoms with Crippen molar-refractivity contribution in [2.24, 2.45) is 5.92 Å². The number of carbonyl (C=O) groups excluding carboxylic acids is 2. The van der Waals surface area contributed by atoms with Crippen molar-refractivity contribution in [2.75, 3.05) is 20.2 Å². The Bertz CT molecular complexity index is 1070. The van der Waals surface area contributed by atoms with Crippen molar-refractivity contribution < 1.29 is 27.5 Å². The summed E-state index contributed by atoms with van der Waals surface area (Å²) in [5.41, 5.74) is 1.55. The van der Waals surface area contributed by atoms with Gasteiger partial charge in [-0.1, -0.05) is 12.1 Å². The van der Waals surface area contributed by atoms with Crippen LogP contribution in [0.4, 0.5) is 13.2 Å². The van der Waals surface area contributed by atoms with Crippen molar-refractivity contribution in [3.8, 4) is 5.69 Å². The van der Waals surface area contributed by atoms with Gasteiger partial charge in [-0.3, -0.25) is 18.7 Å². The lowest BCUT2D eigenvalue weighted by molar-refractivity contribution is -0.186. The summed E-state index contributed by atoms with van der Waals surface area (Å²) in [6.45, 7) is 0.149. The second-order valence-electron chi connectivity index (χ2n) is 9.04. The van der Waals surface area contributed by atoms with Crippen molar-refractivity contribution in [1.29, 1.82) is 0 Å². The molecule has 2 fully saturated rings. The van der Waals surface area contributed by atoms with Crippen LogP contribution in [0, 0.1) is 5.92 Å². The van der Waals surface area contributed by atoms with Gasteiger partial charge in [-0.05, 0) is 62.1 Å². The highest BCUT2D eigenvalue weighted by Crippen LogP contribution is 2.33. The van der Waals surface area contributed by atoms with E-state index in [1.54, 1.807) is 21.5 Å². The molecule has 1 saturated heterocycles. The predicted octanol–water partition coefficient (Wildman–Crippen LogP) is 3.81. The Morgan fingerprint density at radius 3 is 2.12 bits per heavy atom. The van der Waals surface area contributed by atoms with Crippen LogP contribution in [0.15, 0.2) is 41.5 Å². The molecule has 0 N–H and O–H groups in total. The van der Waals surface area contributed by atoms with Crippen LogP contribution in [0.2, 0.25) is 0 Å². The van der Waals surface area contributed by atoms with Crippen molar-refractivity contribution in [1.82, 2.24) is 14.0 Å². The molecule has 1 amide bonds. The smallest absolute Gasteiger partial charge is 0.469 e. The van der Waals surface area contributed by atoms with Crippen molar-refractivity contribution >= 4 is 11.9 Å². The van der Waals surface area contributed by atoms with E-state index in [-0.39, 0.29) is 42.6 Å². The molecule has 0 bridgehead atoms. The van der Waals surface area contributed by atoms with Gasteiger partial charge in [0.2, 0.25) is 0 Å². The molecule has 2 heterocycles. The van der Waals surface area contributed by atoms with Crippen LogP contribution in [0.5, 0.6) is 0 Å². The van der Waals surface area contributed by atoms with E-state index in [4.69, 9.17) is 4.74 Å². The maximum atomic E-state index is 13.0. The highest BCUT2D eigenvalue weighted by molar-refractivity contribution is 5.81. The number of amides is 1. The number of alkyl halides is 3. The molecule has 1 saturated carbocycles. The van der Waals surface area contributed by atoms with Gasteiger partial charge in [-0.2, -0.15) is 13.2 Å². The number of hydrogen-bond acceptors (Lipinski definition) is 4. The molecule has 184 valence electrons. The molecule has 4 rings (SSSR count). The molecule has 2 aromatic rings. The average Bonchev–Trinajstić information content (AvgIpc) is 3.24. The number of aromatic nitrogens is 2. The van der Waals surface area contributed by atoms with Crippen molar-refractivity contribution in [3.05, 3.63) is 52.7 Å². The van der Waals surface area contributed by atoms with Crippen LogP contribution >= 0.6 is 0 Å². The molecule has 0 radical (unpaired) electrons. The third kappa shape index (κ3) is 4.90. The summed E-state index contributed by atoms with van der Waals surface area (Å²) in [6.07, 6.45) is 2.44. The third-order valence-corrected chi connectivity index (χ3v) is 7.10. The maximum absolute atomic E-state index is 13.0. The van der Waals surface area contributed by atoms with Crippen molar-refractivity contribution in [3.63, 3.8) is 0 Å². The molecule has 1 aliphatic heterocycles. The van der Waals surface area contributed by atoms with E-state index < -0.39 is 12.1 Å². The van der Waals surface area contributed by atoms with E-state index in [2.05, 4.69) is 0 Å². The molecule has 34 heavy (non-hydrogen) atoms. The number of rotatable bonds is 4. The summed E-state index contributed by atoms with van der Waals surface area (Å²) in [4.78, 5) is 37.0. The van der Waals surface area contributed by atoms with Gasteiger partial charge in [-0.25, -0.2) is 4.79 Å². The van der Waals surface area contributed by atoms with Gasteiger partial charge < -0.3 is 9.64 Å². The number of imidazole rings is 1. The van der Waals surface area contributed by atoms with Gasteiger partial charge in [0, 0.05) is 31.5 Å². The fraction of sp³-hybridized carbons (Fsp3) is 0.542. The maximum Gasteiger partial charge on any atom is 0.471 e. The quantitative estimate of drug-likeness (QED) is 0.626. The Morgan fingerprint density at radius 2 is 1.56 bits per heavy atom. The minimum atomic E-state index is -4.83. The van der Waals surface area contributed by atoms with Gasteiger partial charge >= 0.3 is 23.7 Å². The van der Waals surface area contributed by atoms with E-state index in [9.17, 15) is 27.6 Å². The van der Waals surface area contributed by atoms with Crippen LogP contribution in [-0.2, 0) is 14.3 Å². The second-order valence-corrected chi connectivity index (χ2v) is 9.04. The molecular weight excluding hydrogens is 451 g/mol. The van der Waals surface area contributed by atoms with E-state index in [0.29, 0.717) is 31.4 Å². The Labute approximate surface area is 195 Å². The lowest BCUT2D eigenvalue weighted by Crippen LogP contribution is -2.45. The van der Waals surface area contributed by atoms with Crippen LogP contribution in [0.1, 0.15) is 56.0 Å². The van der Waals surface area contributed by atoms with E-state index >= 15 is 0 Å². The van der Waals surface area contributed by atoms with Crippen LogP contribution in [0.25, 0.3) is 5.69 Å². The van der Waals surface area contributed by atoms with Gasteiger partial charge in [0.05, 0.1) is 18.7 Å². The second kappa shape index (κ2) is 9.68. The first-order chi connectivity index (χ1) is 16.2. The van der Waals surface area contributed by atoms with E-state index in [1.807, 2.05) is 24.3 Å². The zero-order valence-electron chi connectivity index (χ0n) is 19.0. The zero-order chi connectivity index (χ0) is 24.5. The zero-order valence-corrected chi connectivity index (χ0v) is 19.0. The average molecular weight is 479 g/mol. The fourth-order valence-electron chi connectivity index (χ4n) is 5.12. The molecule has 1 aliphatic carbocycles. The van der Waals surface area contributed by atoms with E-state index in [1.165, 1.54) is 7.11 Å². The van der Waals surface area contributed by atoms with Gasteiger partial charge in [-0.15, -0.1) is 0 Å². The Balaban J connectivity index is 1.39. The molecular formula is C24H28F3N3O4.